The van der Waals surface area contributed by atoms with Crippen molar-refractivity contribution in [3.8, 4) is 0 Å². The summed E-state index contributed by atoms with van der Waals surface area (Å²) in [5.74, 6) is 5.64. The molecule has 5 nitrogen and oxygen atoms in total. The van der Waals surface area contributed by atoms with Crippen LogP contribution in [0.3, 0.4) is 0 Å². The number of hydrazine groups is 1. The van der Waals surface area contributed by atoms with E-state index in [9.17, 15) is 0 Å². The van der Waals surface area contributed by atoms with Crippen LogP contribution >= 0.6 is 50.1 Å². The highest BCUT2D eigenvalue weighted by atomic mass is 127. The molecule has 3 N–H and O–H groups in total. The molecule has 96 valence electrons. The number of aromatic nitrogens is 3. The van der Waals surface area contributed by atoms with Crippen molar-refractivity contribution < 1.29 is 0 Å². The average Bonchev–Trinajstić information content (AvgIpc) is 2.66. The molecule has 0 saturated heterocycles. The number of nitrogens with zero attached hydrogens (tertiary/aromatic N) is 3. The van der Waals surface area contributed by atoms with Crippen LogP contribution < -0.4 is 11.3 Å². The molecule has 1 aromatic carbocycles. The summed E-state index contributed by atoms with van der Waals surface area (Å²) in [6.45, 7) is 0. The van der Waals surface area contributed by atoms with E-state index in [0.29, 0.717) is 9.63 Å². The van der Waals surface area contributed by atoms with E-state index in [1.54, 1.807) is 4.68 Å². The molecule has 0 amide bonds. The van der Waals surface area contributed by atoms with Crippen molar-refractivity contribution in [1.29, 1.82) is 0 Å². The van der Waals surface area contributed by atoms with Gasteiger partial charge in [-0.15, -0.1) is 5.10 Å². The molecule has 2 rings (SSSR count). The second-order valence-corrected chi connectivity index (χ2v) is 5.98. The Balaban J connectivity index is 2.48. The lowest BCUT2D eigenvalue weighted by atomic mass is 10.1. The summed E-state index contributed by atoms with van der Waals surface area (Å²) in [7, 11) is 1.81. The van der Waals surface area contributed by atoms with Gasteiger partial charge >= 0.3 is 0 Å². The average molecular weight is 442 g/mol. The molecule has 0 saturated carbocycles. The van der Waals surface area contributed by atoms with Crippen LogP contribution in [0.15, 0.2) is 22.8 Å². The van der Waals surface area contributed by atoms with Crippen molar-refractivity contribution in [2.24, 2.45) is 12.9 Å². The highest BCUT2D eigenvalue weighted by Crippen LogP contribution is 2.29. The van der Waals surface area contributed by atoms with E-state index in [4.69, 9.17) is 17.4 Å². The Labute approximate surface area is 131 Å². The maximum absolute atomic E-state index is 6.13. The van der Waals surface area contributed by atoms with Crippen molar-refractivity contribution >= 4 is 50.1 Å². The van der Waals surface area contributed by atoms with Crippen molar-refractivity contribution in [3.63, 3.8) is 0 Å². The van der Waals surface area contributed by atoms with Crippen LogP contribution in [0.25, 0.3) is 0 Å². The molecule has 0 spiro atoms. The minimum Gasteiger partial charge on any atom is -0.271 e. The molecule has 1 unspecified atom stereocenters. The summed E-state index contributed by atoms with van der Waals surface area (Å²) in [5, 5.41) is 8.58. The topological polar surface area (TPSA) is 68.8 Å². The predicted molar refractivity (Wildman–Crippen MR) is 82.0 cm³/mol. The Bertz CT molecular complexity index is 554. The molecule has 1 aromatic heterocycles. The highest BCUT2D eigenvalue weighted by molar-refractivity contribution is 14.1. The molecule has 1 atom stereocenters. The summed E-state index contributed by atoms with van der Waals surface area (Å²) < 4.78 is 3.32. The number of rotatable bonds is 3. The van der Waals surface area contributed by atoms with Gasteiger partial charge in [0.15, 0.2) is 4.60 Å². The number of benzene rings is 1. The molecule has 0 radical (unpaired) electrons. The smallest absolute Gasteiger partial charge is 0.153 e. The molecular formula is C10H10BrClIN5. The normalized spacial score (nSPS) is 12.7. The van der Waals surface area contributed by atoms with Gasteiger partial charge in [-0.05, 0) is 56.2 Å². The highest BCUT2D eigenvalue weighted by Gasteiger charge is 2.21. The number of nitrogens with one attached hydrogen (secondary N) is 1. The van der Waals surface area contributed by atoms with Crippen molar-refractivity contribution in [2.75, 3.05) is 0 Å². The van der Waals surface area contributed by atoms with E-state index in [-0.39, 0.29) is 6.04 Å². The molecule has 0 aliphatic heterocycles. The molecule has 0 aliphatic carbocycles. The van der Waals surface area contributed by atoms with Gasteiger partial charge in [0, 0.05) is 10.6 Å². The lowest BCUT2D eigenvalue weighted by Gasteiger charge is -2.17. The molecule has 0 bridgehead atoms. The van der Waals surface area contributed by atoms with Gasteiger partial charge in [-0.2, -0.15) is 0 Å². The Morgan fingerprint density at radius 2 is 2.28 bits per heavy atom. The Morgan fingerprint density at radius 1 is 1.56 bits per heavy atom. The molecule has 18 heavy (non-hydrogen) atoms. The maximum Gasteiger partial charge on any atom is 0.153 e. The van der Waals surface area contributed by atoms with Crippen LogP contribution in [0.2, 0.25) is 5.02 Å². The van der Waals surface area contributed by atoms with Gasteiger partial charge in [0.25, 0.3) is 0 Å². The van der Waals surface area contributed by atoms with Crippen LogP contribution in [-0.4, -0.2) is 15.0 Å². The van der Waals surface area contributed by atoms with Crippen LogP contribution in [0.4, 0.5) is 0 Å². The zero-order chi connectivity index (χ0) is 13.3. The predicted octanol–water partition coefficient (Wildman–Crippen LogP) is 2.39. The second kappa shape index (κ2) is 5.83. The Kier molecular flexibility index (Phi) is 4.59. The third-order valence-corrected chi connectivity index (χ3v) is 4.68. The van der Waals surface area contributed by atoms with Gasteiger partial charge in [-0.25, -0.2) is 10.1 Å². The molecule has 0 aliphatic rings. The van der Waals surface area contributed by atoms with Crippen molar-refractivity contribution in [2.45, 2.75) is 6.04 Å². The summed E-state index contributed by atoms with van der Waals surface area (Å²) >= 11 is 11.7. The van der Waals surface area contributed by atoms with Crippen molar-refractivity contribution in [1.82, 2.24) is 20.4 Å². The SMILES string of the molecule is Cn1nnc(Br)c1C(NN)c1ccc(I)c(Cl)c1. The van der Waals surface area contributed by atoms with E-state index in [1.807, 2.05) is 25.2 Å². The summed E-state index contributed by atoms with van der Waals surface area (Å²) in [5.41, 5.74) is 4.55. The third-order valence-electron chi connectivity index (χ3n) is 2.54. The van der Waals surface area contributed by atoms with Crippen LogP contribution in [-0.2, 0) is 7.05 Å². The van der Waals surface area contributed by atoms with Crippen LogP contribution in [0, 0.1) is 3.57 Å². The monoisotopic (exact) mass is 441 g/mol. The standard InChI is InChI=1S/C10H10BrClIN5/c1-18-9(10(11)16-17-18)8(15-14)5-2-3-7(13)6(12)4-5/h2-4,8,15H,14H2,1H3. The van der Waals surface area contributed by atoms with E-state index in [1.165, 1.54) is 0 Å². The fourth-order valence-electron chi connectivity index (χ4n) is 1.67. The summed E-state index contributed by atoms with van der Waals surface area (Å²) in [6, 6.07) is 5.57. The van der Waals surface area contributed by atoms with Crippen molar-refractivity contribution in [3.05, 3.63) is 42.7 Å². The molecule has 1 heterocycles. The van der Waals surface area contributed by atoms with E-state index < -0.39 is 0 Å². The van der Waals surface area contributed by atoms with E-state index >= 15 is 0 Å². The molecular weight excluding hydrogens is 432 g/mol. The largest absolute Gasteiger partial charge is 0.271 e. The fourth-order valence-corrected chi connectivity index (χ4v) is 2.75. The fraction of sp³-hybridized carbons (Fsp3) is 0.200. The van der Waals surface area contributed by atoms with Crippen LogP contribution in [0.1, 0.15) is 17.3 Å². The third kappa shape index (κ3) is 2.69. The lowest BCUT2D eigenvalue weighted by Crippen LogP contribution is -2.30. The molecule has 0 fully saturated rings. The number of halogens is 3. The first kappa shape index (κ1) is 14.2. The van der Waals surface area contributed by atoms with E-state index in [2.05, 4.69) is 54.3 Å². The number of aryl methyl sites for hydroxylation is 1. The summed E-state index contributed by atoms with van der Waals surface area (Å²) in [6.07, 6.45) is 0. The van der Waals surface area contributed by atoms with Crippen LogP contribution in [0.5, 0.6) is 0 Å². The maximum atomic E-state index is 6.13. The zero-order valence-electron chi connectivity index (χ0n) is 9.36. The van der Waals surface area contributed by atoms with Gasteiger partial charge in [-0.1, -0.05) is 22.9 Å². The minimum atomic E-state index is -0.228. The second-order valence-electron chi connectivity index (χ2n) is 3.66. The zero-order valence-corrected chi connectivity index (χ0v) is 13.9. The molecule has 8 heteroatoms. The van der Waals surface area contributed by atoms with Gasteiger partial charge in [0.1, 0.15) is 0 Å². The first-order chi connectivity index (χ1) is 8.54. The Morgan fingerprint density at radius 3 is 2.78 bits per heavy atom. The summed E-state index contributed by atoms with van der Waals surface area (Å²) in [4.78, 5) is 0. The first-order valence-electron chi connectivity index (χ1n) is 5.00. The van der Waals surface area contributed by atoms with Gasteiger partial charge in [0.05, 0.1) is 16.8 Å². The number of hydrogen-bond acceptors (Lipinski definition) is 4. The van der Waals surface area contributed by atoms with Gasteiger partial charge in [0.2, 0.25) is 0 Å². The number of nitrogens with two attached hydrogens (primary N) is 1. The quantitative estimate of drug-likeness (QED) is 0.435. The van der Waals surface area contributed by atoms with Gasteiger partial charge < -0.3 is 0 Å². The first-order valence-corrected chi connectivity index (χ1v) is 7.25. The van der Waals surface area contributed by atoms with Gasteiger partial charge in [-0.3, -0.25) is 5.84 Å². The molecule has 2 aromatic rings. The Hall–Kier alpha value is -0.220. The number of hydrogen-bond donors (Lipinski definition) is 2. The lowest BCUT2D eigenvalue weighted by molar-refractivity contribution is 0.569. The minimum absolute atomic E-state index is 0.228. The van der Waals surface area contributed by atoms with E-state index in [0.717, 1.165) is 14.8 Å².